The molecule has 1 aliphatic carbocycles. The summed E-state index contributed by atoms with van der Waals surface area (Å²) in [5, 5.41) is 8.40. The second-order valence-corrected chi connectivity index (χ2v) is 7.22. The minimum absolute atomic E-state index is 0.0579. The Balaban J connectivity index is 1.86. The van der Waals surface area contributed by atoms with E-state index in [1.807, 2.05) is 4.57 Å². The normalized spacial score (nSPS) is 21.6. The molecule has 1 unspecified atom stereocenters. The Kier molecular flexibility index (Phi) is 4.05. The van der Waals surface area contributed by atoms with Crippen molar-refractivity contribution in [2.45, 2.75) is 56.9 Å². The molecule has 1 saturated carbocycles. The Bertz CT molecular complexity index is 773. The van der Waals surface area contributed by atoms with E-state index in [0.29, 0.717) is 11.9 Å². The molecule has 128 valence electrons. The van der Waals surface area contributed by atoms with Crippen LogP contribution in [0.3, 0.4) is 0 Å². The van der Waals surface area contributed by atoms with Gasteiger partial charge in [0.15, 0.2) is 22.7 Å². The minimum Gasteiger partial charge on any atom is -0.342 e. The van der Waals surface area contributed by atoms with Crippen LogP contribution in [-0.4, -0.2) is 39.5 Å². The monoisotopic (exact) mass is 348 g/mol. The van der Waals surface area contributed by atoms with Gasteiger partial charge in [-0.15, -0.1) is 10.2 Å². The maximum absolute atomic E-state index is 11.1. The van der Waals surface area contributed by atoms with Gasteiger partial charge in [0.2, 0.25) is 0 Å². The Morgan fingerprint density at radius 1 is 1.38 bits per heavy atom. The SMILES string of the molecule is CC[C@@H]1c2nncn2-c2cnc(CS(=O)O)nc2N1C1CCCC1. The van der Waals surface area contributed by atoms with E-state index in [1.54, 1.807) is 12.5 Å². The summed E-state index contributed by atoms with van der Waals surface area (Å²) in [5.74, 6) is 2.08. The fraction of sp³-hybridized carbons (Fsp3) is 0.600. The molecule has 1 N–H and O–H groups in total. The van der Waals surface area contributed by atoms with Crippen molar-refractivity contribution in [3.8, 4) is 5.69 Å². The number of hydrogen-bond acceptors (Lipinski definition) is 6. The summed E-state index contributed by atoms with van der Waals surface area (Å²) in [5.41, 5.74) is 0.846. The number of nitrogens with zero attached hydrogens (tertiary/aromatic N) is 6. The van der Waals surface area contributed by atoms with Gasteiger partial charge < -0.3 is 9.45 Å². The van der Waals surface area contributed by atoms with Gasteiger partial charge in [-0.1, -0.05) is 19.8 Å². The summed E-state index contributed by atoms with van der Waals surface area (Å²) < 4.78 is 22.2. The number of rotatable bonds is 4. The molecule has 24 heavy (non-hydrogen) atoms. The summed E-state index contributed by atoms with van der Waals surface area (Å²) in [4.78, 5) is 11.2. The minimum atomic E-state index is -1.95. The third-order valence-electron chi connectivity index (χ3n) is 4.87. The molecular weight excluding hydrogens is 328 g/mol. The molecule has 0 aromatic carbocycles. The molecule has 0 saturated heterocycles. The van der Waals surface area contributed by atoms with Crippen molar-refractivity contribution in [2.75, 3.05) is 4.90 Å². The standard InChI is InChI=1S/C15H20N6O2S/c1-2-11-15-19-17-9-20(15)12-7-16-13(8-24(22)23)18-14(12)21(11)10-5-3-4-6-10/h7,9-11H,2-6,8H2,1H3,(H,22,23)/t11-/m1/s1. The van der Waals surface area contributed by atoms with Gasteiger partial charge in [0.05, 0.1) is 12.2 Å². The molecule has 2 atom stereocenters. The van der Waals surface area contributed by atoms with E-state index in [4.69, 9.17) is 4.55 Å². The zero-order chi connectivity index (χ0) is 16.7. The Morgan fingerprint density at radius 2 is 2.17 bits per heavy atom. The lowest BCUT2D eigenvalue weighted by Gasteiger charge is -2.40. The Hall–Kier alpha value is -1.87. The van der Waals surface area contributed by atoms with Crippen LogP contribution in [0.2, 0.25) is 0 Å². The van der Waals surface area contributed by atoms with Gasteiger partial charge in [0.25, 0.3) is 0 Å². The zero-order valence-corrected chi connectivity index (χ0v) is 14.3. The highest BCUT2D eigenvalue weighted by Crippen LogP contribution is 2.42. The van der Waals surface area contributed by atoms with Crippen molar-refractivity contribution < 1.29 is 8.76 Å². The predicted octanol–water partition coefficient (Wildman–Crippen LogP) is 1.99. The number of fused-ring (bicyclic) bond motifs is 3. The average Bonchev–Trinajstić information content (AvgIpc) is 3.24. The summed E-state index contributed by atoms with van der Waals surface area (Å²) in [6, 6.07) is 0.534. The van der Waals surface area contributed by atoms with Crippen molar-refractivity contribution in [3.63, 3.8) is 0 Å². The summed E-state index contributed by atoms with van der Waals surface area (Å²) in [6.45, 7) is 2.14. The molecule has 2 aromatic rings. The van der Waals surface area contributed by atoms with E-state index in [0.717, 1.165) is 36.6 Å². The molecule has 0 amide bonds. The average molecular weight is 348 g/mol. The fourth-order valence-electron chi connectivity index (χ4n) is 3.86. The van der Waals surface area contributed by atoms with E-state index < -0.39 is 11.1 Å². The predicted molar refractivity (Wildman–Crippen MR) is 89.2 cm³/mol. The van der Waals surface area contributed by atoms with Crippen molar-refractivity contribution in [1.29, 1.82) is 0 Å². The lowest BCUT2D eigenvalue weighted by molar-refractivity contribution is 0.467. The van der Waals surface area contributed by atoms with Crippen LogP contribution in [0.25, 0.3) is 5.69 Å². The van der Waals surface area contributed by atoms with E-state index in [-0.39, 0.29) is 11.8 Å². The first-order valence-corrected chi connectivity index (χ1v) is 9.58. The van der Waals surface area contributed by atoms with Crippen LogP contribution < -0.4 is 4.90 Å². The molecule has 2 aliphatic rings. The van der Waals surface area contributed by atoms with E-state index in [1.165, 1.54) is 12.8 Å². The molecule has 1 aliphatic heterocycles. The van der Waals surface area contributed by atoms with E-state index in [9.17, 15) is 4.21 Å². The molecule has 8 nitrogen and oxygen atoms in total. The number of anilines is 1. The van der Waals surface area contributed by atoms with E-state index >= 15 is 0 Å². The lowest BCUT2D eigenvalue weighted by Crippen LogP contribution is -2.42. The molecule has 4 rings (SSSR count). The molecule has 2 aromatic heterocycles. The van der Waals surface area contributed by atoms with Gasteiger partial charge in [-0.3, -0.25) is 4.57 Å². The highest BCUT2D eigenvalue weighted by atomic mass is 32.2. The van der Waals surface area contributed by atoms with Crippen molar-refractivity contribution in [3.05, 3.63) is 24.2 Å². The van der Waals surface area contributed by atoms with Gasteiger partial charge >= 0.3 is 0 Å². The van der Waals surface area contributed by atoms with E-state index in [2.05, 4.69) is 32.0 Å². The highest BCUT2D eigenvalue weighted by Gasteiger charge is 2.38. The van der Waals surface area contributed by atoms with Crippen molar-refractivity contribution in [2.24, 2.45) is 0 Å². The van der Waals surface area contributed by atoms with Crippen LogP contribution in [0.4, 0.5) is 5.82 Å². The van der Waals surface area contributed by atoms with Crippen LogP contribution in [0, 0.1) is 0 Å². The first-order valence-electron chi connectivity index (χ1n) is 8.31. The van der Waals surface area contributed by atoms with Gasteiger partial charge in [-0.2, -0.15) is 0 Å². The molecule has 0 radical (unpaired) electrons. The lowest BCUT2D eigenvalue weighted by atomic mass is 10.0. The third-order valence-corrected chi connectivity index (χ3v) is 5.37. The molecule has 1 fully saturated rings. The third kappa shape index (κ3) is 2.51. The molecular formula is C15H20N6O2S. The first-order chi connectivity index (χ1) is 11.7. The largest absolute Gasteiger partial charge is 0.342 e. The summed E-state index contributed by atoms with van der Waals surface area (Å²) in [6.07, 6.45) is 9.02. The maximum atomic E-state index is 11.1. The first kappa shape index (κ1) is 15.6. The Morgan fingerprint density at radius 3 is 2.88 bits per heavy atom. The van der Waals surface area contributed by atoms with Gasteiger partial charge in [-0.05, 0) is 19.3 Å². The topological polar surface area (TPSA) is 97.0 Å². The number of hydrogen-bond donors (Lipinski definition) is 1. The van der Waals surface area contributed by atoms with Gasteiger partial charge in [0.1, 0.15) is 23.6 Å². The molecule has 3 heterocycles. The van der Waals surface area contributed by atoms with Crippen LogP contribution in [0.5, 0.6) is 0 Å². The Labute approximate surface area is 142 Å². The van der Waals surface area contributed by atoms with Gasteiger partial charge in [-0.25, -0.2) is 14.2 Å². The fourth-order valence-corrected chi connectivity index (χ4v) is 4.22. The highest BCUT2D eigenvalue weighted by molar-refractivity contribution is 7.78. The summed E-state index contributed by atoms with van der Waals surface area (Å²) >= 11 is -1.95. The van der Waals surface area contributed by atoms with Crippen LogP contribution in [-0.2, 0) is 16.8 Å². The summed E-state index contributed by atoms with van der Waals surface area (Å²) in [7, 11) is 0. The second kappa shape index (κ2) is 6.21. The quantitative estimate of drug-likeness (QED) is 0.844. The number of aromatic nitrogens is 5. The molecule has 9 heteroatoms. The van der Waals surface area contributed by atoms with Crippen molar-refractivity contribution in [1.82, 2.24) is 24.7 Å². The smallest absolute Gasteiger partial charge is 0.160 e. The second-order valence-electron chi connectivity index (χ2n) is 6.29. The molecule has 0 bridgehead atoms. The maximum Gasteiger partial charge on any atom is 0.160 e. The van der Waals surface area contributed by atoms with Crippen LogP contribution in [0.15, 0.2) is 12.5 Å². The molecule has 0 spiro atoms. The van der Waals surface area contributed by atoms with Gasteiger partial charge in [0, 0.05) is 6.04 Å². The van der Waals surface area contributed by atoms with Crippen LogP contribution in [0.1, 0.15) is 56.7 Å². The van der Waals surface area contributed by atoms with Crippen LogP contribution >= 0.6 is 0 Å². The zero-order valence-electron chi connectivity index (χ0n) is 13.5. The van der Waals surface area contributed by atoms with Crippen molar-refractivity contribution >= 4 is 16.9 Å².